The number of nitro groups is 1. The summed E-state index contributed by atoms with van der Waals surface area (Å²) in [7, 11) is -1.79. The number of nitrogens with one attached hydrogen (secondary N) is 4. The van der Waals surface area contributed by atoms with Crippen LogP contribution in [0.15, 0.2) is 4.99 Å². The number of amides is 3. The van der Waals surface area contributed by atoms with E-state index >= 15 is 0 Å². The Bertz CT molecular complexity index is 630. The van der Waals surface area contributed by atoms with Crippen molar-refractivity contribution in [2.45, 2.75) is 52.0 Å². The first-order valence-electron chi connectivity index (χ1n) is 9.33. The van der Waals surface area contributed by atoms with Gasteiger partial charge in [-0.15, -0.1) is 0 Å². The Kier molecular flexibility index (Phi) is 12.7. The molecule has 15 heteroatoms. The van der Waals surface area contributed by atoms with Gasteiger partial charge in [0.2, 0.25) is 17.7 Å². The molecule has 0 saturated heterocycles. The topological polar surface area (TPSA) is 221 Å². The second-order valence-corrected chi connectivity index (χ2v) is 6.97. The molecule has 0 saturated carbocycles. The van der Waals surface area contributed by atoms with Gasteiger partial charge >= 0.3 is 7.12 Å². The molecular formula is C15H30BN7O7. The van der Waals surface area contributed by atoms with Crippen molar-refractivity contribution in [1.82, 2.24) is 21.4 Å². The van der Waals surface area contributed by atoms with Gasteiger partial charge in [0.1, 0.15) is 6.04 Å². The van der Waals surface area contributed by atoms with Crippen molar-refractivity contribution in [3.63, 3.8) is 0 Å². The molecule has 170 valence electrons. The molecule has 0 aliphatic rings. The number of rotatable bonds is 13. The van der Waals surface area contributed by atoms with Crippen molar-refractivity contribution < 1.29 is 29.5 Å². The van der Waals surface area contributed by atoms with E-state index in [0.29, 0.717) is 6.42 Å². The van der Waals surface area contributed by atoms with E-state index in [9.17, 15) is 34.5 Å². The third-order valence-electron chi connectivity index (χ3n) is 3.70. The molecule has 0 unspecified atom stereocenters. The summed E-state index contributed by atoms with van der Waals surface area (Å²) in [5.74, 6) is -2.97. The molecule has 3 amide bonds. The number of hydrogen-bond donors (Lipinski definition) is 7. The molecule has 14 nitrogen and oxygen atoms in total. The zero-order valence-electron chi connectivity index (χ0n) is 17.3. The van der Waals surface area contributed by atoms with E-state index in [1.54, 1.807) is 5.43 Å². The van der Waals surface area contributed by atoms with Gasteiger partial charge in [-0.3, -0.25) is 14.4 Å². The first-order valence-corrected chi connectivity index (χ1v) is 9.33. The first kappa shape index (κ1) is 27.1. The van der Waals surface area contributed by atoms with Crippen LogP contribution < -0.4 is 27.1 Å². The Balaban J connectivity index is 5.03. The highest BCUT2D eigenvalue weighted by Gasteiger charge is 2.29. The van der Waals surface area contributed by atoms with E-state index < -0.39 is 47.8 Å². The van der Waals surface area contributed by atoms with Crippen molar-refractivity contribution in [2.24, 2.45) is 16.6 Å². The number of carbonyl (C=O) groups is 3. The van der Waals surface area contributed by atoms with E-state index in [-0.39, 0.29) is 31.8 Å². The highest BCUT2D eigenvalue weighted by atomic mass is 16.7. The molecule has 0 rings (SSSR count). The number of guanidine groups is 1. The standard InChI is InChI=1S/C15H30BN7O7/c1-9(2)7-12(16(27)28)21-14(26)11(20-13(25)8-19-10(3)24)5-4-6-18-15(17)22-23(29)30/h9,11-12,27-28H,4-8H2,1-3H3,(H,19,24)(H,20,25)(H,21,26)(H3,17,18,22)/t11-,12-/m0/s1. The molecule has 0 spiro atoms. The maximum absolute atomic E-state index is 12.6. The smallest absolute Gasteiger partial charge is 0.426 e. The number of hydrazine groups is 1. The lowest BCUT2D eigenvalue weighted by molar-refractivity contribution is -0.525. The van der Waals surface area contributed by atoms with Gasteiger partial charge in [0.25, 0.3) is 5.96 Å². The fourth-order valence-electron chi connectivity index (χ4n) is 2.39. The van der Waals surface area contributed by atoms with Crippen molar-refractivity contribution in [3.8, 4) is 0 Å². The Morgan fingerprint density at radius 1 is 1.23 bits per heavy atom. The van der Waals surface area contributed by atoms with Crippen LogP contribution in [0.25, 0.3) is 0 Å². The monoisotopic (exact) mass is 431 g/mol. The molecule has 0 aromatic rings. The summed E-state index contributed by atoms with van der Waals surface area (Å²) in [4.78, 5) is 49.5. The lowest BCUT2D eigenvalue weighted by atomic mass is 9.75. The third-order valence-corrected chi connectivity index (χ3v) is 3.70. The van der Waals surface area contributed by atoms with E-state index in [4.69, 9.17) is 5.73 Å². The quantitative estimate of drug-likeness (QED) is 0.0394. The van der Waals surface area contributed by atoms with Crippen molar-refractivity contribution in [2.75, 3.05) is 13.1 Å². The fourth-order valence-corrected chi connectivity index (χ4v) is 2.39. The van der Waals surface area contributed by atoms with Crippen LogP contribution >= 0.6 is 0 Å². The van der Waals surface area contributed by atoms with Gasteiger partial charge < -0.3 is 31.7 Å². The molecular weight excluding hydrogens is 401 g/mol. The van der Waals surface area contributed by atoms with Gasteiger partial charge in [-0.1, -0.05) is 19.3 Å². The maximum Gasteiger partial charge on any atom is 0.475 e. The minimum absolute atomic E-state index is 0.0378. The molecule has 0 fully saturated rings. The number of hydrogen-bond acceptors (Lipinski definition) is 8. The van der Waals surface area contributed by atoms with E-state index in [2.05, 4.69) is 20.9 Å². The Labute approximate surface area is 174 Å². The highest BCUT2D eigenvalue weighted by Crippen LogP contribution is 2.07. The summed E-state index contributed by atoms with van der Waals surface area (Å²) < 4.78 is 0. The summed E-state index contributed by atoms with van der Waals surface area (Å²) in [5.41, 5.74) is 6.97. The van der Waals surface area contributed by atoms with Crippen LogP contribution in [0.2, 0.25) is 0 Å². The van der Waals surface area contributed by atoms with Crippen LogP contribution in [0.5, 0.6) is 0 Å². The lowest BCUT2D eigenvalue weighted by Gasteiger charge is -2.24. The molecule has 0 heterocycles. The van der Waals surface area contributed by atoms with Crippen LogP contribution in [0.1, 0.15) is 40.0 Å². The molecule has 30 heavy (non-hydrogen) atoms. The van der Waals surface area contributed by atoms with Crippen LogP contribution in [0.4, 0.5) is 0 Å². The molecule has 0 aromatic carbocycles. The predicted octanol–water partition coefficient (Wildman–Crippen LogP) is -2.97. The largest absolute Gasteiger partial charge is 0.475 e. The van der Waals surface area contributed by atoms with Crippen LogP contribution in [0, 0.1) is 16.0 Å². The van der Waals surface area contributed by atoms with E-state index in [1.807, 2.05) is 13.8 Å². The van der Waals surface area contributed by atoms with Crippen LogP contribution in [-0.4, -0.2) is 71.0 Å². The van der Waals surface area contributed by atoms with Gasteiger partial charge in [-0.05, 0) is 25.2 Å². The molecule has 0 aliphatic carbocycles. The summed E-state index contributed by atoms with van der Waals surface area (Å²) in [6, 6.07) is -1.06. The SMILES string of the molecule is CC(=O)NCC(=O)N[C@@H](CCCN=C(N)N[N+](=O)[O-])C(=O)N[C@@H](CC(C)C)B(O)O. The molecule has 8 N–H and O–H groups in total. The van der Waals surface area contributed by atoms with E-state index in [0.717, 1.165) is 0 Å². The van der Waals surface area contributed by atoms with Gasteiger partial charge in [0, 0.05) is 13.5 Å². The predicted molar refractivity (Wildman–Crippen MR) is 108 cm³/mol. The van der Waals surface area contributed by atoms with Crippen molar-refractivity contribution in [3.05, 3.63) is 10.1 Å². The van der Waals surface area contributed by atoms with Crippen molar-refractivity contribution in [1.29, 1.82) is 0 Å². The Hall–Kier alpha value is -2.94. The van der Waals surface area contributed by atoms with Gasteiger partial charge in [-0.25, -0.2) is 15.1 Å². The van der Waals surface area contributed by atoms with Crippen LogP contribution in [0.3, 0.4) is 0 Å². The van der Waals surface area contributed by atoms with E-state index in [1.165, 1.54) is 6.92 Å². The Morgan fingerprint density at radius 2 is 1.87 bits per heavy atom. The number of aliphatic imine (C=N–C) groups is 1. The van der Waals surface area contributed by atoms with Crippen LogP contribution in [-0.2, 0) is 14.4 Å². The zero-order valence-corrected chi connectivity index (χ0v) is 17.3. The summed E-state index contributed by atoms with van der Waals surface area (Å²) in [5, 5.41) is 35.6. The zero-order chi connectivity index (χ0) is 23.3. The first-order chi connectivity index (χ1) is 13.9. The second kappa shape index (κ2) is 14.1. The second-order valence-electron chi connectivity index (χ2n) is 6.97. The van der Waals surface area contributed by atoms with Gasteiger partial charge in [-0.2, -0.15) is 0 Å². The summed E-state index contributed by atoms with van der Waals surface area (Å²) in [6.45, 7) is 4.62. The number of carbonyl (C=O) groups excluding carboxylic acids is 3. The lowest BCUT2D eigenvalue weighted by Crippen LogP contribution is -2.55. The van der Waals surface area contributed by atoms with Gasteiger partial charge in [0.15, 0.2) is 5.03 Å². The van der Waals surface area contributed by atoms with Crippen molar-refractivity contribution >= 4 is 30.8 Å². The van der Waals surface area contributed by atoms with Gasteiger partial charge in [0.05, 0.1) is 12.5 Å². The minimum atomic E-state index is -1.79. The molecule has 0 radical (unpaired) electrons. The number of nitrogens with zero attached hydrogens (tertiary/aromatic N) is 2. The molecule has 0 aliphatic heterocycles. The fraction of sp³-hybridized carbons (Fsp3) is 0.733. The molecule has 0 aromatic heterocycles. The summed E-state index contributed by atoms with van der Waals surface area (Å²) >= 11 is 0. The molecule has 0 bridgehead atoms. The maximum atomic E-state index is 12.6. The minimum Gasteiger partial charge on any atom is -0.426 e. The average Bonchev–Trinajstić information content (AvgIpc) is 2.60. The highest BCUT2D eigenvalue weighted by molar-refractivity contribution is 6.43. The Morgan fingerprint density at radius 3 is 2.37 bits per heavy atom. The average molecular weight is 431 g/mol. The normalized spacial score (nSPS) is 13.2. The summed E-state index contributed by atoms with van der Waals surface area (Å²) in [6.07, 6.45) is 0.612. The number of nitrogens with two attached hydrogens (primary N) is 1. The molecule has 2 atom stereocenters. The third kappa shape index (κ3) is 13.3.